The van der Waals surface area contributed by atoms with E-state index in [1.165, 1.54) is 0 Å². The first-order chi connectivity index (χ1) is 16.7. The van der Waals surface area contributed by atoms with Crippen LogP contribution in [0, 0.1) is 45.3 Å². The molecule has 0 aromatic rings. The summed E-state index contributed by atoms with van der Waals surface area (Å²) in [6.07, 6.45) is 5.32. The topological polar surface area (TPSA) is 119 Å². The molecule has 0 aliphatic heterocycles. The molecule has 0 heterocycles. The molecule has 4 bridgehead atoms. The van der Waals surface area contributed by atoms with E-state index in [0.717, 1.165) is 32.1 Å². The van der Waals surface area contributed by atoms with Crippen LogP contribution < -0.4 is 0 Å². The van der Waals surface area contributed by atoms with Crippen LogP contribution in [0.25, 0.3) is 0 Å². The molecule has 0 aromatic heterocycles. The Morgan fingerprint density at radius 2 is 1.17 bits per heavy atom. The maximum absolute atomic E-state index is 12.3. The Balaban J connectivity index is 1.56. The van der Waals surface area contributed by atoms with Crippen molar-refractivity contribution in [1.82, 2.24) is 0 Å². The fourth-order valence-corrected chi connectivity index (χ4v) is 6.55. The predicted molar refractivity (Wildman–Crippen MR) is 131 cm³/mol. The Labute approximate surface area is 215 Å². The first kappa shape index (κ1) is 28.4. The van der Waals surface area contributed by atoms with Gasteiger partial charge >= 0.3 is 11.9 Å². The van der Waals surface area contributed by atoms with Crippen molar-refractivity contribution in [1.29, 1.82) is 10.5 Å². The van der Waals surface area contributed by atoms with Gasteiger partial charge in [0.1, 0.15) is 0 Å². The second-order valence-electron chi connectivity index (χ2n) is 12.7. The molecule has 4 saturated carbocycles. The number of hydrogen-bond donors (Lipinski definition) is 0. The zero-order chi connectivity index (χ0) is 26.8. The maximum Gasteiger partial charge on any atom is 0.308 e. The lowest BCUT2D eigenvalue weighted by Gasteiger charge is -2.61. The van der Waals surface area contributed by atoms with Crippen molar-refractivity contribution in [2.75, 3.05) is 0 Å². The van der Waals surface area contributed by atoms with E-state index in [1.54, 1.807) is 41.5 Å². The van der Waals surface area contributed by atoms with Crippen molar-refractivity contribution in [3.8, 4) is 12.1 Å². The molecule has 4 rings (SSSR count). The van der Waals surface area contributed by atoms with Gasteiger partial charge in [-0.3, -0.25) is 9.59 Å². The second-order valence-corrected chi connectivity index (χ2v) is 12.7. The summed E-state index contributed by atoms with van der Waals surface area (Å²) < 4.78 is 24.0. The molecule has 0 aromatic carbocycles. The van der Waals surface area contributed by atoms with Gasteiger partial charge in [-0.2, -0.15) is 10.5 Å². The van der Waals surface area contributed by atoms with Crippen molar-refractivity contribution in [3.05, 3.63) is 0 Å². The molecule has 0 N–H and O–H groups in total. The fraction of sp³-hybridized carbons (Fsp3) is 0.857. The Bertz CT molecular complexity index is 830. The van der Waals surface area contributed by atoms with Crippen molar-refractivity contribution in [2.24, 2.45) is 22.7 Å². The highest BCUT2D eigenvalue weighted by atomic mass is 16.7. The van der Waals surface area contributed by atoms with Gasteiger partial charge < -0.3 is 18.9 Å². The monoisotopic (exact) mass is 502 g/mol. The third-order valence-corrected chi connectivity index (χ3v) is 7.89. The molecule has 0 radical (unpaired) electrons. The first-order valence-electron chi connectivity index (χ1n) is 13.3. The third kappa shape index (κ3) is 7.43. The van der Waals surface area contributed by atoms with E-state index in [2.05, 4.69) is 12.1 Å². The molecule has 0 amide bonds. The predicted octanol–water partition coefficient (Wildman–Crippen LogP) is 5.55. The van der Waals surface area contributed by atoms with Crippen LogP contribution in [-0.4, -0.2) is 35.7 Å². The van der Waals surface area contributed by atoms with Gasteiger partial charge in [0.15, 0.2) is 0 Å². The Kier molecular flexibility index (Phi) is 8.43. The Morgan fingerprint density at radius 1 is 0.806 bits per heavy atom. The van der Waals surface area contributed by atoms with Gasteiger partial charge in [-0.25, -0.2) is 0 Å². The zero-order valence-corrected chi connectivity index (χ0v) is 22.7. The molecule has 0 spiro atoms. The van der Waals surface area contributed by atoms with E-state index in [0.29, 0.717) is 31.1 Å². The minimum atomic E-state index is -0.685. The summed E-state index contributed by atoms with van der Waals surface area (Å²) >= 11 is 0. The fourth-order valence-electron chi connectivity index (χ4n) is 6.55. The van der Waals surface area contributed by atoms with E-state index in [4.69, 9.17) is 29.5 Å². The van der Waals surface area contributed by atoms with E-state index in [1.807, 2.05) is 0 Å². The van der Waals surface area contributed by atoms with E-state index in [-0.39, 0.29) is 24.8 Å². The number of rotatable bonds is 12. The van der Waals surface area contributed by atoms with Gasteiger partial charge in [0.05, 0.1) is 34.2 Å². The highest BCUT2D eigenvalue weighted by molar-refractivity contribution is 5.69. The number of ether oxygens (including phenoxy) is 4. The molecular weight excluding hydrogens is 460 g/mol. The average Bonchev–Trinajstić information content (AvgIpc) is 2.74. The van der Waals surface area contributed by atoms with E-state index < -0.39 is 34.6 Å². The lowest BCUT2D eigenvalue weighted by Crippen LogP contribution is -2.62. The van der Waals surface area contributed by atoms with Crippen molar-refractivity contribution < 1.29 is 28.5 Å². The van der Waals surface area contributed by atoms with Crippen LogP contribution in [-0.2, 0) is 28.5 Å². The number of carbonyl (C=O) groups excluding carboxylic acids is 2. The molecule has 8 heteroatoms. The molecule has 200 valence electrons. The second kappa shape index (κ2) is 10.7. The van der Waals surface area contributed by atoms with Crippen LogP contribution in [0.3, 0.4) is 0 Å². The van der Waals surface area contributed by atoms with Gasteiger partial charge in [-0.1, -0.05) is 0 Å². The Morgan fingerprint density at radius 3 is 1.50 bits per heavy atom. The molecule has 0 saturated heterocycles. The zero-order valence-electron chi connectivity index (χ0n) is 22.7. The summed E-state index contributed by atoms with van der Waals surface area (Å²) in [5, 5.41) is 18.3. The minimum Gasteiger partial charge on any atom is -0.436 e. The largest absolute Gasteiger partial charge is 0.436 e. The third-order valence-electron chi connectivity index (χ3n) is 7.89. The van der Waals surface area contributed by atoms with Crippen LogP contribution in [0.4, 0.5) is 0 Å². The quantitative estimate of drug-likeness (QED) is 0.252. The van der Waals surface area contributed by atoms with Gasteiger partial charge in [-0.15, -0.1) is 0 Å². The highest BCUT2D eigenvalue weighted by Crippen LogP contribution is 2.60. The summed E-state index contributed by atoms with van der Waals surface area (Å²) in [6.45, 7) is 10.7. The van der Waals surface area contributed by atoms with E-state index >= 15 is 0 Å². The molecule has 8 nitrogen and oxygen atoms in total. The lowest BCUT2D eigenvalue weighted by molar-refractivity contribution is -0.301. The summed E-state index contributed by atoms with van der Waals surface area (Å²) in [7, 11) is 0. The first-order valence-corrected chi connectivity index (χ1v) is 13.3. The van der Waals surface area contributed by atoms with Crippen LogP contribution >= 0.6 is 0 Å². The van der Waals surface area contributed by atoms with E-state index in [9.17, 15) is 9.59 Å². The summed E-state index contributed by atoms with van der Waals surface area (Å²) in [5.41, 5.74) is -1.98. The van der Waals surface area contributed by atoms with Crippen molar-refractivity contribution in [3.63, 3.8) is 0 Å². The molecule has 2 unspecified atom stereocenters. The maximum atomic E-state index is 12.3. The number of nitrogens with zero attached hydrogens (tertiary/aromatic N) is 2. The summed E-state index contributed by atoms with van der Waals surface area (Å²) in [4.78, 5) is 24.7. The van der Waals surface area contributed by atoms with Crippen molar-refractivity contribution in [2.45, 2.75) is 130 Å². The van der Waals surface area contributed by atoms with Gasteiger partial charge in [0.25, 0.3) is 0 Å². The van der Waals surface area contributed by atoms with Crippen LogP contribution in [0.2, 0.25) is 0 Å². The molecule has 4 aliphatic carbocycles. The smallest absolute Gasteiger partial charge is 0.308 e. The molecular formula is C28H42N2O6. The number of hydrogen-bond acceptors (Lipinski definition) is 8. The van der Waals surface area contributed by atoms with Crippen LogP contribution in [0.5, 0.6) is 0 Å². The normalized spacial score (nSPS) is 30.7. The summed E-state index contributed by atoms with van der Waals surface area (Å²) in [6, 6.07) is 4.41. The Hall–Kier alpha value is -2.16. The number of carbonyl (C=O) groups is 2. The van der Waals surface area contributed by atoms with Gasteiger partial charge in [-0.05, 0) is 98.3 Å². The average molecular weight is 503 g/mol. The molecule has 36 heavy (non-hydrogen) atoms. The SMILES string of the molecule is CC(OC(=O)CCC(C)(C)C#N)OC12CC3CC(C1)CC(OC(C)OC(=O)CCC(C)(C)C#N)(C3)C2. The van der Waals surface area contributed by atoms with Gasteiger partial charge in [0, 0.05) is 19.3 Å². The standard InChI is InChI=1S/C28H42N2O6/c1-19(33-23(31)7-9-25(3,4)17-29)35-27-12-21-11-22(13-27)15-28(14-21,16-27)36-20(2)34-24(32)8-10-26(5,6)18-30/h19-22H,7-16H2,1-6H3. The van der Waals surface area contributed by atoms with Crippen LogP contribution in [0.15, 0.2) is 0 Å². The summed E-state index contributed by atoms with van der Waals surface area (Å²) in [5.74, 6) is 0.207. The minimum absolute atomic E-state index is 0.175. The number of nitriles is 2. The molecule has 2 atom stereocenters. The van der Waals surface area contributed by atoms with Gasteiger partial charge in [0.2, 0.25) is 12.6 Å². The van der Waals surface area contributed by atoms with Crippen molar-refractivity contribution >= 4 is 11.9 Å². The number of esters is 2. The van der Waals surface area contributed by atoms with Crippen LogP contribution in [0.1, 0.15) is 106 Å². The lowest BCUT2D eigenvalue weighted by atomic mass is 9.52. The molecule has 4 aliphatic rings. The molecule has 4 fully saturated rings. The highest BCUT2D eigenvalue weighted by Gasteiger charge is 2.60.